The summed E-state index contributed by atoms with van der Waals surface area (Å²) in [5, 5.41) is 38.0. The van der Waals surface area contributed by atoms with Crippen molar-refractivity contribution >= 4 is 23.9 Å². The smallest absolute Gasteiger partial charge is 0.300 e. The van der Waals surface area contributed by atoms with Crippen LogP contribution in [0.15, 0.2) is 0 Å². The lowest BCUT2D eigenvalue weighted by atomic mass is 10.3. The van der Waals surface area contributed by atoms with Crippen LogP contribution in [0.2, 0.25) is 0 Å². The zero-order chi connectivity index (χ0) is 19.5. The first-order valence-corrected chi connectivity index (χ1v) is 5.55. The number of rotatable bonds is 1. The number of aliphatic carboxylic acids is 4. The Morgan fingerprint density at radius 3 is 0.727 bits per heavy atom. The van der Waals surface area contributed by atoms with Gasteiger partial charge in [-0.25, -0.2) is 0 Å². The van der Waals surface area contributed by atoms with Crippen LogP contribution >= 0.6 is 0 Å². The summed E-state index contributed by atoms with van der Waals surface area (Å²) in [5.74, 6) is -3.33. The second-order valence-electron chi connectivity index (χ2n) is 3.39. The average Bonchev–Trinajstić information content (AvgIpc) is 2.12. The maximum Gasteiger partial charge on any atom is 0.300 e. The first kappa shape index (κ1) is 31.9. The molecule has 0 aromatic rings. The van der Waals surface area contributed by atoms with E-state index >= 15 is 0 Å². The van der Waals surface area contributed by atoms with Gasteiger partial charge in [-0.1, -0.05) is 0 Å². The van der Waals surface area contributed by atoms with E-state index in [1.54, 1.807) is 6.92 Å². The Bertz CT molecular complexity index is 234. The minimum Gasteiger partial charge on any atom is -0.481 e. The number of hydrogen-bond donors (Lipinski definition) is 7. The molecule has 0 aliphatic rings. The molecule has 11 nitrogen and oxygen atoms in total. The van der Waals surface area contributed by atoms with E-state index in [0.717, 1.165) is 27.7 Å². The fourth-order valence-electron chi connectivity index (χ4n) is 0. The highest BCUT2D eigenvalue weighted by Crippen LogP contribution is 1.74. The van der Waals surface area contributed by atoms with Gasteiger partial charge in [-0.2, -0.15) is 0 Å². The molecule has 0 amide bonds. The first-order valence-electron chi connectivity index (χ1n) is 5.55. The molecule has 0 rings (SSSR count). The molecule has 1 unspecified atom stereocenters. The molecule has 1 atom stereocenters. The van der Waals surface area contributed by atoms with Crippen molar-refractivity contribution in [3.8, 4) is 0 Å². The maximum atomic E-state index is 9.00. The molecular formula is C11H26N2O9. The number of carbonyl (C=O) groups is 4. The number of carboxylic acid groups (broad SMARTS) is 4. The molecule has 0 bridgehead atoms. The van der Waals surface area contributed by atoms with Crippen molar-refractivity contribution in [3.63, 3.8) is 0 Å². The number of nitrogens with two attached hydrogens (primary N) is 2. The summed E-state index contributed by atoms with van der Waals surface area (Å²) >= 11 is 0. The Labute approximate surface area is 128 Å². The summed E-state index contributed by atoms with van der Waals surface area (Å²) in [7, 11) is 0. The molecule has 0 aromatic carbocycles. The molecule has 0 aromatic heterocycles. The third-order valence-electron chi connectivity index (χ3n) is 0.557. The molecule has 0 aliphatic carbocycles. The molecule has 22 heavy (non-hydrogen) atoms. The monoisotopic (exact) mass is 330 g/mol. The molecule has 0 saturated heterocycles. The summed E-state index contributed by atoms with van der Waals surface area (Å²) in [6.45, 7) is 5.88. The quantitative estimate of drug-likeness (QED) is 0.288. The molecule has 134 valence electrons. The molecule has 0 aliphatic heterocycles. The van der Waals surface area contributed by atoms with E-state index in [2.05, 4.69) is 0 Å². The van der Waals surface area contributed by atoms with Crippen LogP contribution in [0.3, 0.4) is 0 Å². The van der Waals surface area contributed by atoms with Crippen LogP contribution in [0, 0.1) is 0 Å². The Hall–Kier alpha value is -2.24. The van der Waals surface area contributed by atoms with Gasteiger partial charge in [-0.3, -0.25) is 19.2 Å². The number of hydrogen-bond acceptors (Lipinski definition) is 7. The first-order chi connectivity index (χ1) is 9.57. The minimum absolute atomic E-state index is 0.593. The maximum absolute atomic E-state index is 9.00. The Morgan fingerprint density at radius 2 is 0.727 bits per heavy atom. The van der Waals surface area contributed by atoms with E-state index in [-0.39, 0.29) is 0 Å². The largest absolute Gasteiger partial charge is 0.481 e. The number of aliphatic hydroxyl groups excluding tert-OH is 1. The van der Waals surface area contributed by atoms with Crippen molar-refractivity contribution in [2.24, 2.45) is 11.5 Å². The molecule has 0 radical (unpaired) electrons. The molecule has 0 fully saturated rings. The van der Waals surface area contributed by atoms with Gasteiger partial charge in [0.2, 0.25) is 0 Å². The van der Waals surface area contributed by atoms with Gasteiger partial charge in [0.25, 0.3) is 23.9 Å². The molecule has 0 saturated carbocycles. The highest BCUT2D eigenvalue weighted by molar-refractivity contribution is 5.63. The van der Waals surface area contributed by atoms with E-state index in [1.165, 1.54) is 0 Å². The van der Waals surface area contributed by atoms with Gasteiger partial charge in [-0.05, 0) is 6.92 Å². The predicted molar refractivity (Wildman–Crippen MR) is 77.1 cm³/mol. The van der Waals surface area contributed by atoms with Gasteiger partial charge >= 0.3 is 0 Å². The Balaban J connectivity index is -0.0000000555. The SMILES string of the molecule is CC(=O)O.CC(=O)O.CC(=O)O.CC(=O)O.CC(O)C(N)N. The third kappa shape index (κ3) is 1610. The van der Waals surface area contributed by atoms with Gasteiger partial charge in [0.05, 0.1) is 12.3 Å². The molecule has 9 N–H and O–H groups in total. The van der Waals surface area contributed by atoms with Crippen molar-refractivity contribution < 1.29 is 44.7 Å². The van der Waals surface area contributed by atoms with Gasteiger partial charge in [0, 0.05) is 27.7 Å². The standard InChI is InChI=1S/C3H10N2O.4C2H4O2/c1-2(6)3(4)5;4*1-2(3)4/h2-3,6H,4-5H2,1H3;4*1H3,(H,3,4). The van der Waals surface area contributed by atoms with Crippen LogP contribution in [0.5, 0.6) is 0 Å². The van der Waals surface area contributed by atoms with Crippen LogP contribution in [0.1, 0.15) is 34.6 Å². The average molecular weight is 330 g/mol. The Kier molecular flexibility index (Phi) is 34.6. The molecule has 0 heterocycles. The third-order valence-corrected chi connectivity index (χ3v) is 0.557. The van der Waals surface area contributed by atoms with E-state index in [1.807, 2.05) is 0 Å². The van der Waals surface area contributed by atoms with E-state index in [9.17, 15) is 0 Å². The minimum atomic E-state index is -0.833. The topological polar surface area (TPSA) is 221 Å². The lowest BCUT2D eigenvalue weighted by Crippen LogP contribution is -2.40. The van der Waals surface area contributed by atoms with Crippen molar-refractivity contribution in [2.75, 3.05) is 0 Å². The van der Waals surface area contributed by atoms with E-state index in [0.29, 0.717) is 0 Å². The van der Waals surface area contributed by atoms with Gasteiger partial charge in [0.15, 0.2) is 0 Å². The van der Waals surface area contributed by atoms with Crippen molar-refractivity contribution in [3.05, 3.63) is 0 Å². The summed E-state index contributed by atoms with van der Waals surface area (Å²) < 4.78 is 0. The second-order valence-corrected chi connectivity index (χ2v) is 3.39. The summed E-state index contributed by atoms with van der Waals surface area (Å²) in [4.78, 5) is 36.0. The van der Waals surface area contributed by atoms with E-state index < -0.39 is 36.1 Å². The molecule has 11 heteroatoms. The Morgan fingerprint density at radius 1 is 0.682 bits per heavy atom. The zero-order valence-corrected chi connectivity index (χ0v) is 13.2. The van der Waals surface area contributed by atoms with Crippen LogP contribution < -0.4 is 11.5 Å². The van der Waals surface area contributed by atoms with Crippen molar-refractivity contribution in [1.29, 1.82) is 0 Å². The zero-order valence-electron chi connectivity index (χ0n) is 13.2. The summed E-state index contributed by atoms with van der Waals surface area (Å²) in [6.07, 6.45) is -1.19. The van der Waals surface area contributed by atoms with E-state index in [4.69, 9.17) is 56.2 Å². The second kappa shape index (κ2) is 23.8. The van der Waals surface area contributed by atoms with Gasteiger partial charge in [0.1, 0.15) is 0 Å². The van der Waals surface area contributed by atoms with Crippen LogP contribution in [0.25, 0.3) is 0 Å². The van der Waals surface area contributed by atoms with Crippen molar-refractivity contribution in [1.82, 2.24) is 0 Å². The lowest BCUT2D eigenvalue weighted by molar-refractivity contribution is -0.135. The van der Waals surface area contributed by atoms with Crippen LogP contribution in [0.4, 0.5) is 0 Å². The fourth-order valence-corrected chi connectivity index (χ4v) is 0. The lowest BCUT2D eigenvalue weighted by Gasteiger charge is -2.05. The van der Waals surface area contributed by atoms with Gasteiger partial charge < -0.3 is 37.0 Å². The summed E-state index contributed by atoms with van der Waals surface area (Å²) in [5.41, 5.74) is 9.93. The summed E-state index contributed by atoms with van der Waals surface area (Å²) in [6, 6.07) is 0. The molecular weight excluding hydrogens is 304 g/mol. The highest BCUT2D eigenvalue weighted by Gasteiger charge is 1.98. The molecule has 0 spiro atoms. The highest BCUT2D eigenvalue weighted by atomic mass is 16.4. The fraction of sp³-hybridized carbons (Fsp3) is 0.636. The van der Waals surface area contributed by atoms with Crippen LogP contribution in [-0.2, 0) is 19.2 Å². The normalized spacial score (nSPS) is 8.77. The van der Waals surface area contributed by atoms with Crippen LogP contribution in [-0.4, -0.2) is 61.7 Å². The van der Waals surface area contributed by atoms with Crippen molar-refractivity contribution in [2.45, 2.75) is 46.9 Å². The number of carboxylic acids is 4. The predicted octanol–water partition coefficient (Wildman–Crippen LogP) is -1.03. The number of aliphatic hydroxyl groups is 1. The van der Waals surface area contributed by atoms with Gasteiger partial charge in [-0.15, -0.1) is 0 Å².